The number of esters is 1. The molecule has 0 aliphatic heterocycles. The standard InChI is InChI=1S/C11H10N2O3/c1-2-15-11(14)10-6-5-9(16-10)8-4-3-7-12-13-8/h3-7H,2H2,1H3. The Hall–Kier alpha value is -2.17. The highest BCUT2D eigenvalue weighted by molar-refractivity contribution is 5.86. The van der Waals surface area contributed by atoms with Crippen LogP contribution in [0, 0.1) is 0 Å². The molecule has 5 heteroatoms. The van der Waals surface area contributed by atoms with E-state index in [-0.39, 0.29) is 5.76 Å². The number of ether oxygens (including phenoxy) is 1. The summed E-state index contributed by atoms with van der Waals surface area (Å²) in [5.74, 6) is 0.191. The molecule has 0 spiro atoms. The average Bonchev–Trinajstić information content (AvgIpc) is 2.80. The van der Waals surface area contributed by atoms with Gasteiger partial charge in [-0.25, -0.2) is 4.79 Å². The minimum absolute atomic E-state index is 0.169. The molecular formula is C11H10N2O3. The maximum atomic E-state index is 11.3. The molecule has 0 aliphatic rings. The molecule has 82 valence electrons. The van der Waals surface area contributed by atoms with Crippen molar-refractivity contribution in [2.75, 3.05) is 6.61 Å². The molecule has 2 rings (SSSR count). The van der Waals surface area contributed by atoms with Crippen molar-refractivity contribution in [3.63, 3.8) is 0 Å². The molecule has 0 N–H and O–H groups in total. The summed E-state index contributed by atoms with van der Waals surface area (Å²) >= 11 is 0. The highest BCUT2D eigenvalue weighted by Crippen LogP contribution is 2.19. The molecule has 0 unspecified atom stereocenters. The van der Waals surface area contributed by atoms with Gasteiger partial charge in [0.1, 0.15) is 5.69 Å². The lowest BCUT2D eigenvalue weighted by molar-refractivity contribution is 0.0491. The Morgan fingerprint density at radius 1 is 1.44 bits per heavy atom. The second-order valence-electron chi connectivity index (χ2n) is 2.99. The van der Waals surface area contributed by atoms with E-state index in [1.165, 1.54) is 0 Å². The Morgan fingerprint density at radius 3 is 3.00 bits per heavy atom. The third-order valence-corrected chi connectivity index (χ3v) is 1.91. The number of aromatic nitrogens is 2. The quantitative estimate of drug-likeness (QED) is 0.736. The van der Waals surface area contributed by atoms with Crippen molar-refractivity contribution >= 4 is 5.97 Å². The first kappa shape index (κ1) is 10.4. The van der Waals surface area contributed by atoms with E-state index in [1.807, 2.05) is 0 Å². The fourth-order valence-electron chi connectivity index (χ4n) is 1.22. The molecule has 2 aromatic heterocycles. The predicted molar refractivity (Wildman–Crippen MR) is 55.7 cm³/mol. The lowest BCUT2D eigenvalue weighted by Gasteiger charge is -1.97. The molecular weight excluding hydrogens is 208 g/mol. The Kier molecular flexibility index (Phi) is 2.95. The van der Waals surface area contributed by atoms with Gasteiger partial charge in [-0.15, -0.1) is 5.10 Å². The lowest BCUT2D eigenvalue weighted by atomic mass is 10.3. The van der Waals surface area contributed by atoms with Crippen LogP contribution in [-0.4, -0.2) is 22.8 Å². The topological polar surface area (TPSA) is 65.2 Å². The minimum Gasteiger partial charge on any atom is -0.460 e. The van der Waals surface area contributed by atoms with Crippen molar-refractivity contribution in [2.24, 2.45) is 0 Å². The Bertz CT molecular complexity index is 479. The van der Waals surface area contributed by atoms with Crippen LogP contribution >= 0.6 is 0 Å². The highest BCUT2D eigenvalue weighted by Gasteiger charge is 2.13. The predicted octanol–water partition coefficient (Wildman–Crippen LogP) is 1.91. The van der Waals surface area contributed by atoms with Crippen molar-refractivity contribution in [3.05, 3.63) is 36.2 Å². The molecule has 0 bridgehead atoms. The number of hydrogen-bond acceptors (Lipinski definition) is 5. The first-order chi connectivity index (χ1) is 7.81. The second kappa shape index (κ2) is 4.57. The van der Waals surface area contributed by atoms with Gasteiger partial charge in [-0.2, -0.15) is 5.10 Å². The molecule has 0 saturated heterocycles. The molecule has 0 aromatic carbocycles. The van der Waals surface area contributed by atoms with Crippen LogP contribution in [0.1, 0.15) is 17.5 Å². The van der Waals surface area contributed by atoms with Crippen LogP contribution in [0.4, 0.5) is 0 Å². The Balaban J connectivity index is 2.23. The molecule has 0 amide bonds. The van der Waals surface area contributed by atoms with E-state index in [0.717, 1.165) is 0 Å². The summed E-state index contributed by atoms with van der Waals surface area (Å²) in [6.07, 6.45) is 1.57. The van der Waals surface area contributed by atoms with Crippen molar-refractivity contribution in [3.8, 4) is 11.5 Å². The third kappa shape index (κ3) is 2.08. The van der Waals surface area contributed by atoms with Crippen LogP contribution in [0.25, 0.3) is 11.5 Å². The van der Waals surface area contributed by atoms with E-state index in [4.69, 9.17) is 9.15 Å². The SMILES string of the molecule is CCOC(=O)c1ccc(-c2cccnn2)o1. The van der Waals surface area contributed by atoms with Gasteiger partial charge >= 0.3 is 5.97 Å². The maximum absolute atomic E-state index is 11.3. The fraction of sp³-hybridized carbons (Fsp3) is 0.182. The Morgan fingerprint density at radius 2 is 2.31 bits per heavy atom. The van der Waals surface area contributed by atoms with E-state index in [9.17, 15) is 4.79 Å². The molecule has 0 aliphatic carbocycles. The zero-order chi connectivity index (χ0) is 11.4. The third-order valence-electron chi connectivity index (χ3n) is 1.91. The van der Waals surface area contributed by atoms with Crippen molar-refractivity contribution < 1.29 is 13.9 Å². The van der Waals surface area contributed by atoms with Gasteiger partial charge in [0.25, 0.3) is 0 Å². The van der Waals surface area contributed by atoms with E-state index >= 15 is 0 Å². The molecule has 0 saturated carbocycles. The van der Waals surface area contributed by atoms with Gasteiger partial charge in [-0.3, -0.25) is 0 Å². The summed E-state index contributed by atoms with van der Waals surface area (Å²) in [5.41, 5.74) is 0.582. The zero-order valence-corrected chi connectivity index (χ0v) is 8.71. The van der Waals surface area contributed by atoms with E-state index in [0.29, 0.717) is 18.1 Å². The molecule has 0 radical (unpaired) electrons. The number of rotatable bonds is 3. The van der Waals surface area contributed by atoms with Crippen LogP contribution in [0.2, 0.25) is 0 Å². The van der Waals surface area contributed by atoms with Gasteiger partial charge in [0.15, 0.2) is 5.76 Å². The van der Waals surface area contributed by atoms with Gasteiger partial charge in [0, 0.05) is 6.20 Å². The summed E-state index contributed by atoms with van der Waals surface area (Å²) in [6.45, 7) is 2.06. The van der Waals surface area contributed by atoms with Gasteiger partial charge < -0.3 is 9.15 Å². The summed E-state index contributed by atoms with van der Waals surface area (Å²) < 4.78 is 10.1. The largest absolute Gasteiger partial charge is 0.460 e. The van der Waals surface area contributed by atoms with Crippen molar-refractivity contribution in [1.82, 2.24) is 10.2 Å². The number of carbonyl (C=O) groups excluding carboxylic acids is 1. The molecule has 0 fully saturated rings. The van der Waals surface area contributed by atoms with Gasteiger partial charge in [0.05, 0.1) is 6.61 Å². The van der Waals surface area contributed by atoms with Gasteiger partial charge in [-0.1, -0.05) is 0 Å². The lowest BCUT2D eigenvalue weighted by Crippen LogP contribution is -2.02. The van der Waals surface area contributed by atoms with Crippen molar-refractivity contribution in [1.29, 1.82) is 0 Å². The molecule has 2 aromatic rings. The van der Waals surface area contributed by atoms with Crippen molar-refractivity contribution in [2.45, 2.75) is 6.92 Å². The number of furan rings is 1. The summed E-state index contributed by atoms with van der Waals surface area (Å²) in [7, 11) is 0. The Labute approximate surface area is 92.1 Å². The van der Waals surface area contributed by atoms with Crippen LogP contribution in [0.3, 0.4) is 0 Å². The number of nitrogens with zero attached hydrogens (tertiary/aromatic N) is 2. The van der Waals surface area contributed by atoms with E-state index in [1.54, 1.807) is 37.4 Å². The van der Waals surface area contributed by atoms with Crippen LogP contribution < -0.4 is 0 Å². The molecule has 0 atom stereocenters. The second-order valence-corrected chi connectivity index (χ2v) is 2.99. The smallest absolute Gasteiger partial charge is 0.374 e. The number of carbonyl (C=O) groups is 1. The van der Waals surface area contributed by atoms with Gasteiger partial charge in [-0.05, 0) is 31.2 Å². The average molecular weight is 218 g/mol. The van der Waals surface area contributed by atoms with E-state index < -0.39 is 5.97 Å². The normalized spacial score (nSPS) is 10.1. The summed E-state index contributed by atoms with van der Waals surface area (Å²) in [6, 6.07) is 6.72. The fourth-order valence-corrected chi connectivity index (χ4v) is 1.22. The molecule has 5 nitrogen and oxygen atoms in total. The monoisotopic (exact) mass is 218 g/mol. The summed E-state index contributed by atoms with van der Waals surface area (Å²) in [4.78, 5) is 11.3. The first-order valence-electron chi connectivity index (χ1n) is 4.86. The van der Waals surface area contributed by atoms with Crippen LogP contribution in [0.5, 0.6) is 0 Å². The van der Waals surface area contributed by atoms with Crippen LogP contribution in [-0.2, 0) is 4.74 Å². The van der Waals surface area contributed by atoms with E-state index in [2.05, 4.69) is 10.2 Å². The molecule has 16 heavy (non-hydrogen) atoms. The van der Waals surface area contributed by atoms with Crippen LogP contribution in [0.15, 0.2) is 34.9 Å². The number of hydrogen-bond donors (Lipinski definition) is 0. The maximum Gasteiger partial charge on any atom is 0.374 e. The zero-order valence-electron chi connectivity index (χ0n) is 8.71. The molecule has 2 heterocycles. The summed E-state index contributed by atoms with van der Waals surface area (Å²) in [5, 5.41) is 7.60. The minimum atomic E-state index is -0.474. The van der Waals surface area contributed by atoms with Gasteiger partial charge in [0.2, 0.25) is 5.76 Å². The highest BCUT2D eigenvalue weighted by atomic mass is 16.5. The first-order valence-corrected chi connectivity index (χ1v) is 4.86.